The van der Waals surface area contributed by atoms with Crippen molar-refractivity contribution in [2.24, 2.45) is 0 Å². The number of aliphatic carboxylic acids is 1. The standard InChI is InChI=1S/C27H30F3NO3/c1-2-3-4-5-6-7-8-9-12-21-15-17-22(18-16-21)19-31(25(32)26(33)34)20-23-13-10-11-14-24(23)27(28,29)30/h10-11,13-18H,2-8,19-20H2,1H3,(H,33,34). The zero-order chi connectivity index (χ0) is 25.0. The van der Waals surface area contributed by atoms with Crippen LogP contribution in [0.25, 0.3) is 0 Å². The summed E-state index contributed by atoms with van der Waals surface area (Å²) in [5.41, 5.74) is 0.324. The molecule has 0 heterocycles. The largest absolute Gasteiger partial charge is 0.474 e. The van der Waals surface area contributed by atoms with Crippen LogP contribution in [-0.2, 0) is 28.9 Å². The van der Waals surface area contributed by atoms with E-state index in [9.17, 15) is 22.8 Å². The van der Waals surface area contributed by atoms with Crippen molar-refractivity contribution in [3.63, 3.8) is 0 Å². The molecule has 0 saturated carbocycles. The topological polar surface area (TPSA) is 57.6 Å². The SMILES string of the molecule is CCCCCCCCC#Cc1ccc(CN(Cc2ccccc2C(F)(F)F)C(=O)C(=O)O)cc1. The van der Waals surface area contributed by atoms with Gasteiger partial charge in [-0.15, -0.1) is 0 Å². The quantitative estimate of drug-likeness (QED) is 0.246. The summed E-state index contributed by atoms with van der Waals surface area (Å²) in [6.45, 7) is 1.58. The number of hydrogen-bond acceptors (Lipinski definition) is 2. The lowest BCUT2D eigenvalue weighted by molar-refractivity contribution is -0.156. The van der Waals surface area contributed by atoms with Gasteiger partial charge in [0.15, 0.2) is 0 Å². The Balaban J connectivity index is 2.04. The zero-order valence-corrected chi connectivity index (χ0v) is 19.3. The summed E-state index contributed by atoms with van der Waals surface area (Å²) in [4.78, 5) is 24.4. The molecule has 0 atom stereocenters. The van der Waals surface area contributed by atoms with Crippen molar-refractivity contribution in [1.29, 1.82) is 0 Å². The summed E-state index contributed by atoms with van der Waals surface area (Å²) in [6, 6.07) is 11.8. The van der Waals surface area contributed by atoms with Gasteiger partial charge in [-0.1, -0.05) is 81.2 Å². The van der Waals surface area contributed by atoms with Crippen LogP contribution in [-0.4, -0.2) is 21.9 Å². The number of carboxylic acid groups (broad SMARTS) is 1. The predicted octanol–water partition coefficient (Wildman–Crippen LogP) is 6.42. The number of halogens is 3. The molecule has 34 heavy (non-hydrogen) atoms. The maximum Gasteiger partial charge on any atom is 0.416 e. The number of rotatable bonds is 10. The third-order valence-electron chi connectivity index (χ3n) is 5.37. The zero-order valence-electron chi connectivity index (χ0n) is 19.3. The van der Waals surface area contributed by atoms with Gasteiger partial charge < -0.3 is 10.0 Å². The van der Waals surface area contributed by atoms with Gasteiger partial charge in [0.2, 0.25) is 0 Å². The second-order valence-electron chi connectivity index (χ2n) is 8.14. The molecular weight excluding hydrogens is 443 g/mol. The molecule has 0 saturated heterocycles. The van der Waals surface area contributed by atoms with Gasteiger partial charge in [0, 0.05) is 25.1 Å². The first-order valence-corrected chi connectivity index (χ1v) is 11.5. The average molecular weight is 474 g/mol. The smallest absolute Gasteiger partial charge is 0.416 e. The van der Waals surface area contributed by atoms with E-state index >= 15 is 0 Å². The normalized spacial score (nSPS) is 10.9. The number of hydrogen-bond donors (Lipinski definition) is 1. The minimum atomic E-state index is -4.61. The fraction of sp³-hybridized carbons (Fsp3) is 0.407. The van der Waals surface area contributed by atoms with Gasteiger partial charge in [0.1, 0.15) is 0 Å². The van der Waals surface area contributed by atoms with E-state index in [1.54, 1.807) is 24.3 Å². The lowest BCUT2D eigenvalue weighted by Crippen LogP contribution is -2.36. The lowest BCUT2D eigenvalue weighted by Gasteiger charge is -2.23. The fourth-order valence-electron chi connectivity index (χ4n) is 3.55. The Bertz CT molecular complexity index is 1000. The van der Waals surface area contributed by atoms with Crippen LogP contribution in [0.3, 0.4) is 0 Å². The van der Waals surface area contributed by atoms with Crippen molar-refractivity contribution in [3.8, 4) is 11.8 Å². The van der Waals surface area contributed by atoms with Crippen molar-refractivity contribution in [2.75, 3.05) is 0 Å². The summed E-state index contributed by atoms with van der Waals surface area (Å²) in [5.74, 6) is 3.24. The summed E-state index contributed by atoms with van der Waals surface area (Å²) in [7, 11) is 0. The number of unbranched alkanes of at least 4 members (excludes halogenated alkanes) is 6. The molecule has 0 aliphatic heterocycles. The molecular formula is C27H30F3NO3. The summed E-state index contributed by atoms with van der Waals surface area (Å²) in [5, 5.41) is 9.15. The van der Waals surface area contributed by atoms with Gasteiger partial charge in [0.25, 0.3) is 0 Å². The number of nitrogens with zero attached hydrogens (tertiary/aromatic N) is 1. The molecule has 4 nitrogen and oxygen atoms in total. The molecule has 0 radical (unpaired) electrons. The first kappa shape index (κ1) is 27.0. The lowest BCUT2D eigenvalue weighted by atomic mass is 10.1. The van der Waals surface area contributed by atoms with Crippen molar-refractivity contribution < 1.29 is 27.9 Å². The highest BCUT2D eigenvalue weighted by Crippen LogP contribution is 2.32. The monoisotopic (exact) mass is 473 g/mol. The number of carbonyl (C=O) groups is 2. The Hall–Kier alpha value is -3.27. The van der Waals surface area contributed by atoms with E-state index in [1.165, 1.54) is 50.3 Å². The van der Waals surface area contributed by atoms with E-state index in [1.807, 2.05) is 0 Å². The average Bonchev–Trinajstić information content (AvgIpc) is 2.80. The molecule has 1 N–H and O–H groups in total. The predicted molar refractivity (Wildman–Crippen MR) is 125 cm³/mol. The highest BCUT2D eigenvalue weighted by molar-refractivity contribution is 6.31. The first-order chi connectivity index (χ1) is 16.2. The van der Waals surface area contributed by atoms with Gasteiger partial charge in [-0.3, -0.25) is 4.79 Å². The number of amides is 1. The molecule has 0 aromatic heterocycles. The van der Waals surface area contributed by atoms with Crippen LogP contribution < -0.4 is 0 Å². The summed E-state index contributed by atoms with van der Waals surface area (Å²) >= 11 is 0. The van der Waals surface area contributed by atoms with Crippen LogP contribution >= 0.6 is 0 Å². The molecule has 182 valence electrons. The van der Waals surface area contributed by atoms with Crippen LogP contribution in [0.4, 0.5) is 13.2 Å². The van der Waals surface area contributed by atoms with E-state index in [4.69, 9.17) is 5.11 Å². The van der Waals surface area contributed by atoms with Crippen LogP contribution in [0.5, 0.6) is 0 Å². The van der Waals surface area contributed by atoms with Crippen LogP contribution in [0.1, 0.15) is 74.1 Å². The minimum Gasteiger partial charge on any atom is -0.474 e. The highest BCUT2D eigenvalue weighted by atomic mass is 19.4. The molecule has 7 heteroatoms. The van der Waals surface area contributed by atoms with Crippen molar-refractivity contribution >= 4 is 11.9 Å². The van der Waals surface area contributed by atoms with Gasteiger partial charge in [-0.25, -0.2) is 4.79 Å². The number of carboxylic acids is 1. The molecule has 0 aliphatic carbocycles. The van der Waals surface area contributed by atoms with Crippen molar-refractivity contribution in [2.45, 2.75) is 71.1 Å². The molecule has 2 rings (SSSR count). The Kier molecular flexibility index (Phi) is 10.7. The third-order valence-corrected chi connectivity index (χ3v) is 5.37. The van der Waals surface area contributed by atoms with E-state index in [0.29, 0.717) is 5.56 Å². The summed E-state index contributed by atoms with van der Waals surface area (Å²) < 4.78 is 40.0. The second kappa shape index (κ2) is 13.4. The molecule has 0 bridgehead atoms. The minimum absolute atomic E-state index is 0.136. The molecule has 1 amide bonds. The number of benzene rings is 2. The van der Waals surface area contributed by atoms with Crippen LogP contribution in [0, 0.1) is 11.8 Å². The van der Waals surface area contributed by atoms with Crippen LogP contribution in [0.15, 0.2) is 48.5 Å². The molecule has 0 fully saturated rings. The van der Waals surface area contributed by atoms with Gasteiger partial charge in [-0.2, -0.15) is 13.2 Å². The van der Waals surface area contributed by atoms with Crippen molar-refractivity contribution in [3.05, 3.63) is 70.8 Å². The van der Waals surface area contributed by atoms with Crippen molar-refractivity contribution in [1.82, 2.24) is 4.90 Å². The van der Waals surface area contributed by atoms with E-state index in [0.717, 1.165) is 29.4 Å². The van der Waals surface area contributed by atoms with Crippen LogP contribution in [0.2, 0.25) is 0 Å². The highest BCUT2D eigenvalue weighted by Gasteiger charge is 2.34. The molecule has 0 spiro atoms. The maximum atomic E-state index is 13.3. The van der Waals surface area contributed by atoms with E-state index in [2.05, 4.69) is 18.8 Å². The van der Waals surface area contributed by atoms with Gasteiger partial charge in [0.05, 0.1) is 5.56 Å². The molecule has 0 unspecified atom stereocenters. The van der Waals surface area contributed by atoms with Gasteiger partial charge in [-0.05, 0) is 35.7 Å². The molecule has 2 aromatic rings. The number of alkyl halides is 3. The van der Waals surface area contributed by atoms with E-state index in [-0.39, 0.29) is 12.1 Å². The Labute approximate surface area is 198 Å². The van der Waals surface area contributed by atoms with E-state index < -0.39 is 30.2 Å². The molecule has 2 aromatic carbocycles. The number of carbonyl (C=O) groups excluding carboxylic acids is 1. The molecule has 0 aliphatic rings. The van der Waals surface area contributed by atoms with Gasteiger partial charge >= 0.3 is 18.1 Å². The first-order valence-electron chi connectivity index (χ1n) is 11.5. The maximum absolute atomic E-state index is 13.3. The Morgan fingerprint density at radius 1 is 0.912 bits per heavy atom. The second-order valence-corrected chi connectivity index (χ2v) is 8.14. The fourth-order valence-corrected chi connectivity index (χ4v) is 3.55. The third kappa shape index (κ3) is 8.93. The Morgan fingerprint density at radius 3 is 2.21 bits per heavy atom. The Morgan fingerprint density at radius 2 is 1.56 bits per heavy atom. The summed E-state index contributed by atoms with van der Waals surface area (Å²) in [6.07, 6.45) is 3.40.